The lowest BCUT2D eigenvalue weighted by molar-refractivity contribution is -0.117. The van der Waals surface area contributed by atoms with Crippen molar-refractivity contribution in [2.24, 2.45) is 5.73 Å². The van der Waals surface area contributed by atoms with E-state index in [1.807, 2.05) is 6.92 Å². The molecule has 0 aromatic carbocycles. The van der Waals surface area contributed by atoms with E-state index in [9.17, 15) is 9.59 Å². The Morgan fingerprint density at radius 3 is 3.05 bits per heavy atom. The largest absolute Gasteiger partial charge is 0.369 e. The lowest BCUT2D eigenvalue weighted by Crippen LogP contribution is -2.37. The molecule has 0 saturated carbocycles. The van der Waals surface area contributed by atoms with E-state index in [0.717, 1.165) is 21.5 Å². The van der Waals surface area contributed by atoms with Crippen molar-refractivity contribution in [2.75, 3.05) is 22.7 Å². The lowest BCUT2D eigenvalue weighted by Gasteiger charge is -2.07. The molecule has 19 heavy (non-hydrogen) atoms. The molecule has 1 fully saturated rings. The van der Waals surface area contributed by atoms with Gasteiger partial charge in [0.2, 0.25) is 11.8 Å². The summed E-state index contributed by atoms with van der Waals surface area (Å²) in [5.41, 5.74) is 5.91. The summed E-state index contributed by atoms with van der Waals surface area (Å²) in [4.78, 5) is 26.9. The van der Waals surface area contributed by atoms with Crippen LogP contribution in [0.2, 0.25) is 0 Å². The summed E-state index contributed by atoms with van der Waals surface area (Å²) in [5.74, 6) is 1.37. The third-order valence-electron chi connectivity index (χ3n) is 2.36. The smallest absolute Gasteiger partial charge is 0.244 e. The average Bonchev–Trinajstić information content (AvgIpc) is 2.96. The van der Waals surface area contributed by atoms with Crippen LogP contribution in [-0.4, -0.2) is 40.2 Å². The Hall–Kier alpha value is -0.770. The fraction of sp³-hybridized carbons (Fsp3) is 0.500. The first-order valence-corrected chi connectivity index (χ1v) is 8.52. The third-order valence-corrected chi connectivity index (χ3v) is 5.76. The predicted octanol–water partition coefficient (Wildman–Crippen LogP) is 0.630. The third kappa shape index (κ3) is 4.10. The van der Waals surface area contributed by atoms with Crippen molar-refractivity contribution in [1.82, 2.24) is 10.3 Å². The highest BCUT2D eigenvalue weighted by molar-refractivity contribution is 8.01. The molecule has 2 rings (SSSR count). The van der Waals surface area contributed by atoms with Crippen LogP contribution in [0.25, 0.3) is 0 Å². The van der Waals surface area contributed by atoms with E-state index in [1.165, 1.54) is 23.1 Å². The summed E-state index contributed by atoms with van der Waals surface area (Å²) in [6.07, 6.45) is 0. The van der Waals surface area contributed by atoms with Crippen LogP contribution < -0.4 is 16.4 Å². The zero-order valence-corrected chi connectivity index (χ0v) is 12.7. The maximum atomic E-state index is 11.9. The van der Waals surface area contributed by atoms with E-state index in [-0.39, 0.29) is 23.6 Å². The number of thioether (sulfide) groups is 2. The Bertz CT molecular complexity index is 485. The second kappa shape index (κ2) is 6.60. The van der Waals surface area contributed by atoms with Crippen molar-refractivity contribution in [3.05, 3.63) is 5.69 Å². The molecule has 1 aliphatic heterocycles. The topological polar surface area (TPSA) is 97.1 Å². The summed E-state index contributed by atoms with van der Waals surface area (Å²) in [6, 6.07) is -0.157. The molecule has 9 heteroatoms. The number of carbonyl (C=O) groups is 2. The Morgan fingerprint density at radius 2 is 2.42 bits per heavy atom. The van der Waals surface area contributed by atoms with Gasteiger partial charge in [0.15, 0.2) is 5.13 Å². The molecule has 0 radical (unpaired) electrons. The Balaban J connectivity index is 1.95. The molecule has 4 N–H and O–H groups in total. The molecule has 1 unspecified atom stereocenters. The van der Waals surface area contributed by atoms with E-state index in [4.69, 9.17) is 5.73 Å². The minimum absolute atomic E-state index is 0.0646. The van der Waals surface area contributed by atoms with Crippen molar-refractivity contribution < 1.29 is 9.59 Å². The number of aryl methyl sites for hydroxylation is 1. The highest BCUT2D eigenvalue weighted by atomic mass is 32.2. The van der Waals surface area contributed by atoms with E-state index in [2.05, 4.69) is 15.6 Å². The second-order valence-electron chi connectivity index (χ2n) is 3.91. The normalized spacial score (nSPS) is 18.5. The zero-order chi connectivity index (χ0) is 13.8. The van der Waals surface area contributed by atoms with Gasteiger partial charge in [-0.3, -0.25) is 14.9 Å². The van der Waals surface area contributed by atoms with Gasteiger partial charge < -0.3 is 11.1 Å². The minimum atomic E-state index is -0.365. The molecule has 0 spiro atoms. The van der Waals surface area contributed by atoms with E-state index in [1.54, 1.807) is 11.8 Å². The van der Waals surface area contributed by atoms with Gasteiger partial charge in [-0.05, 0) is 6.92 Å². The maximum Gasteiger partial charge on any atom is 0.244 e. The lowest BCUT2D eigenvalue weighted by atomic mass is 10.3. The van der Waals surface area contributed by atoms with Crippen LogP contribution in [0.4, 0.5) is 5.13 Å². The number of carbonyl (C=O) groups excluding carboxylic acids is 2. The second-order valence-corrected chi connectivity index (χ2v) is 7.18. The van der Waals surface area contributed by atoms with Crippen molar-refractivity contribution >= 4 is 51.8 Å². The molecule has 2 heterocycles. The van der Waals surface area contributed by atoms with Crippen molar-refractivity contribution in [3.63, 3.8) is 0 Å². The van der Waals surface area contributed by atoms with Gasteiger partial charge in [-0.2, -0.15) is 0 Å². The molecule has 6 nitrogen and oxygen atoms in total. The van der Waals surface area contributed by atoms with Gasteiger partial charge in [0.05, 0.1) is 21.7 Å². The van der Waals surface area contributed by atoms with Gasteiger partial charge in [0.25, 0.3) is 0 Å². The highest BCUT2D eigenvalue weighted by Gasteiger charge is 2.23. The number of hydrogen-bond acceptors (Lipinski definition) is 7. The summed E-state index contributed by atoms with van der Waals surface area (Å²) in [5, 5.41) is 6.46. The van der Waals surface area contributed by atoms with Crippen LogP contribution in [0.1, 0.15) is 5.69 Å². The fourth-order valence-electron chi connectivity index (χ4n) is 1.46. The minimum Gasteiger partial charge on any atom is -0.369 e. The van der Waals surface area contributed by atoms with Gasteiger partial charge in [0.1, 0.15) is 0 Å². The average molecular weight is 318 g/mol. The van der Waals surface area contributed by atoms with Gasteiger partial charge in [-0.1, -0.05) is 11.3 Å². The molecule has 1 atom stereocenters. The number of nitrogens with one attached hydrogen (secondary N) is 2. The highest BCUT2D eigenvalue weighted by Crippen LogP contribution is 2.32. The molecule has 1 aromatic heterocycles. The summed E-state index contributed by atoms with van der Waals surface area (Å²) in [6.45, 7) is 1.85. The van der Waals surface area contributed by atoms with Crippen LogP contribution in [0, 0.1) is 6.92 Å². The predicted molar refractivity (Wildman–Crippen MR) is 79.6 cm³/mol. The standard InChI is InChI=1S/C10H14N4O2S3/c1-5-9(18-3-7(11)15)19-10(13-5)14-8(16)6-2-17-4-12-6/h6,12H,2-4H2,1H3,(H2,11,15)(H,13,14,16). The van der Waals surface area contributed by atoms with E-state index >= 15 is 0 Å². The molecule has 0 aliphatic carbocycles. The number of nitrogens with zero attached hydrogens (tertiary/aromatic N) is 1. The zero-order valence-electron chi connectivity index (χ0n) is 10.3. The first kappa shape index (κ1) is 14.6. The first-order valence-electron chi connectivity index (χ1n) is 5.57. The number of hydrogen-bond donors (Lipinski definition) is 3. The van der Waals surface area contributed by atoms with E-state index < -0.39 is 0 Å². The molecule has 1 aromatic rings. The van der Waals surface area contributed by atoms with Crippen molar-refractivity contribution in [1.29, 1.82) is 0 Å². The van der Waals surface area contributed by atoms with Crippen LogP contribution in [0.15, 0.2) is 4.21 Å². The monoisotopic (exact) mass is 318 g/mol. The molecule has 2 amide bonds. The van der Waals surface area contributed by atoms with Crippen LogP contribution >= 0.6 is 34.9 Å². The number of thiazole rings is 1. The van der Waals surface area contributed by atoms with Crippen LogP contribution in [0.5, 0.6) is 0 Å². The molecule has 1 saturated heterocycles. The number of aromatic nitrogens is 1. The van der Waals surface area contributed by atoms with Gasteiger partial charge in [-0.15, -0.1) is 23.5 Å². The van der Waals surface area contributed by atoms with Crippen LogP contribution in [-0.2, 0) is 9.59 Å². The maximum absolute atomic E-state index is 11.9. The SMILES string of the molecule is Cc1nc(NC(=O)C2CSCN2)sc1SCC(N)=O. The molecule has 0 bridgehead atoms. The number of rotatable bonds is 5. The molecule has 1 aliphatic rings. The molecule has 104 valence electrons. The Labute approximate surface area is 123 Å². The molecular formula is C10H14N4O2S3. The number of amides is 2. The van der Waals surface area contributed by atoms with Gasteiger partial charge in [0, 0.05) is 11.6 Å². The van der Waals surface area contributed by atoms with Gasteiger partial charge >= 0.3 is 0 Å². The van der Waals surface area contributed by atoms with Crippen LogP contribution in [0.3, 0.4) is 0 Å². The van der Waals surface area contributed by atoms with Crippen molar-refractivity contribution in [2.45, 2.75) is 17.2 Å². The number of anilines is 1. The van der Waals surface area contributed by atoms with Crippen molar-refractivity contribution in [3.8, 4) is 0 Å². The Kier molecular flexibility index (Phi) is 5.08. The first-order chi connectivity index (χ1) is 9.06. The summed E-state index contributed by atoms with van der Waals surface area (Å²) in [7, 11) is 0. The fourth-order valence-corrected chi connectivity index (χ4v) is 4.28. The van der Waals surface area contributed by atoms with E-state index in [0.29, 0.717) is 5.13 Å². The molecular weight excluding hydrogens is 304 g/mol. The van der Waals surface area contributed by atoms with Gasteiger partial charge in [-0.25, -0.2) is 4.98 Å². The number of primary amides is 1. The number of nitrogens with two attached hydrogens (primary N) is 1. The summed E-state index contributed by atoms with van der Waals surface area (Å²) >= 11 is 4.41. The Morgan fingerprint density at radius 1 is 1.63 bits per heavy atom. The quantitative estimate of drug-likeness (QED) is 0.689. The summed E-state index contributed by atoms with van der Waals surface area (Å²) < 4.78 is 0.905.